The maximum absolute atomic E-state index is 10.7. The van der Waals surface area contributed by atoms with Gasteiger partial charge in [-0.15, -0.1) is 0 Å². The van der Waals surface area contributed by atoms with Gasteiger partial charge in [0.05, 0.1) is 27.2 Å². The third-order valence-electron chi connectivity index (χ3n) is 3.04. The molecule has 0 aliphatic heterocycles. The maximum Gasteiger partial charge on any atom is 0.485 e. The fourth-order valence-corrected chi connectivity index (χ4v) is 1.12. The van der Waals surface area contributed by atoms with Crippen LogP contribution in [0.1, 0.15) is 39.5 Å². The van der Waals surface area contributed by atoms with Gasteiger partial charge in [-0.1, -0.05) is 19.8 Å². The summed E-state index contributed by atoms with van der Waals surface area (Å²) in [5.74, 6) is 0. The average molecular weight is 545 g/mol. The molecule has 0 atom stereocenters. The molecule has 0 aliphatic carbocycles. The molecular weight excluding hydrogens is 521 g/mol. The summed E-state index contributed by atoms with van der Waals surface area (Å²) in [6.45, 7) is 7.13. The summed E-state index contributed by atoms with van der Waals surface area (Å²) < 4.78 is 119. The molecule has 0 saturated carbocycles. The monoisotopic (exact) mass is 545 g/mol. The Kier molecular flexibility index (Phi) is 18.5. The Labute approximate surface area is 186 Å². The van der Waals surface area contributed by atoms with E-state index in [1.807, 2.05) is 0 Å². The van der Waals surface area contributed by atoms with Crippen molar-refractivity contribution < 1.29 is 89.5 Å². The fourth-order valence-electron chi connectivity index (χ4n) is 1.12. The van der Waals surface area contributed by atoms with Crippen molar-refractivity contribution in [1.29, 1.82) is 0 Å². The van der Waals surface area contributed by atoms with E-state index in [0.717, 1.165) is 0 Å². The molecule has 0 bridgehead atoms. The number of alkyl halides is 6. The Morgan fingerprint density at radius 3 is 1.21 bits per heavy atom. The van der Waals surface area contributed by atoms with Crippen LogP contribution in [-0.4, -0.2) is 68.6 Å². The van der Waals surface area contributed by atoms with Gasteiger partial charge in [-0.05, 0) is 19.8 Å². The molecule has 171 valence electrons. The number of quaternary nitrogens is 1. The molecule has 0 spiro atoms. The Balaban J connectivity index is -0.000000155. The Morgan fingerprint density at radius 2 is 1.04 bits per heavy atom. The van der Waals surface area contributed by atoms with Crippen LogP contribution < -0.4 is 0 Å². The molecule has 0 heterocycles. The van der Waals surface area contributed by atoms with E-state index >= 15 is 0 Å². The third kappa shape index (κ3) is 21.2. The fraction of sp³-hybridized carbons (Fsp3) is 1.00. The smallest absolute Gasteiger partial charge is 0.485 e. The predicted molar refractivity (Wildman–Crippen MR) is 83.2 cm³/mol. The molecule has 0 amide bonds. The molecule has 7 nitrogen and oxygen atoms in total. The van der Waals surface area contributed by atoms with Crippen LogP contribution in [0.4, 0.5) is 26.3 Å². The van der Waals surface area contributed by atoms with Crippen LogP contribution in [0.2, 0.25) is 0 Å². The molecule has 0 unspecified atom stereocenters. The van der Waals surface area contributed by atoms with Crippen LogP contribution >= 0.6 is 0 Å². The number of hydrogen-bond donors (Lipinski definition) is 0. The second kappa shape index (κ2) is 14.5. The average Bonchev–Trinajstić information content (AvgIpc) is 2.41. The number of rotatable bonds is 6. The first-order valence-electron chi connectivity index (χ1n) is 7.48. The van der Waals surface area contributed by atoms with Gasteiger partial charge in [0.2, 0.25) is 0 Å². The summed E-state index contributed by atoms with van der Waals surface area (Å²) >= 11 is 0. The third-order valence-corrected chi connectivity index (χ3v) is 4.17. The summed E-state index contributed by atoms with van der Waals surface area (Å²) in [5.41, 5.74) is -11.3. The first-order chi connectivity index (χ1) is 11.6. The first kappa shape index (κ1) is 35.9. The van der Waals surface area contributed by atoms with Gasteiger partial charge in [0.25, 0.3) is 0 Å². The van der Waals surface area contributed by atoms with Crippen molar-refractivity contribution in [2.75, 3.05) is 27.2 Å². The van der Waals surface area contributed by atoms with Gasteiger partial charge >= 0.3 is 11.0 Å². The molecule has 0 aromatic carbocycles. The summed E-state index contributed by atoms with van der Waals surface area (Å²) in [7, 11) is -7.56. The van der Waals surface area contributed by atoms with Crippen LogP contribution in [0, 0.1) is 0 Å². The van der Waals surface area contributed by atoms with Gasteiger partial charge in [-0.3, -0.25) is 0 Å². The summed E-state index contributed by atoms with van der Waals surface area (Å²) in [6.07, 6.45) is 5.57. The molecule has 1 radical (unpaired) electrons. The zero-order chi connectivity index (χ0) is 22.7. The second-order valence-corrected chi connectivity index (χ2v) is 8.58. The summed E-state index contributed by atoms with van der Waals surface area (Å²) in [4.78, 5) is 0. The van der Waals surface area contributed by atoms with Crippen molar-refractivity contribution in [3.63, 3.8) is 0 Å². The molecule has 0 aromatic heterocycles. The summed E-state index contributed by atoms with van der Waals surface area (Å²) in [6, 6.07) is 0. The molecule has 0 aliphatic rings. The van der Waals surface area contributed by atoms with Gasteiger partial charge < -0.3 is 13.6 Å². The van der Waals surface area contributed by atoms with E-state index in [9.17, 15) is 26.3 Å². The van der Waals surface area contributed by atoms with E-state index < -0.39 is 31.3 Å². The normalized spacial score (nSPS) is 12.7. The first-order valence-corrected chi connectivity index (χ1v) is 10.3. The van der Waals surface area contributed by atoms with Gasteiger partial charge in [-0.25, -0.2) is 16.8 Å². The van der Waals surface area contributed by atoms with E-state index in [0.29, 0.717) is 0 Å². The molecular formula is C12H24F6NO6S2Y-. The minimum Gasteiger partial charge on any atom is -0.741 e. The van der Waals surface area contributed by atoms with Crippen molar-refractivity contribution in [3.8, 4) is 0 Å². The molecule has 0 N–H and O–H groups in total. The SMILES string of the molecule is CCCCCC[N+](C)(C)CC.O=S(=O)([O-])C(F)(F)F.O=S(=O)([O-])C(F)(F)F.[Y]. The van der Waals surface area contributed by atoms with E-state index in [1.54, 1.807) is 0 Å². The van der Waals surface area contributed by atoms with Gasteiger partial charge in [-0.2, -0.15) is 26.3 Å². The van der Waals surface area contributed by atoms with E-state index in [-0.39, 0.29) is 32.7 Å². The minimum absolute atomic E-state index is 0. The van der Waals surface area contributed by atoms with Gasteiger partial charge in [0.15, 0.2) is 20.2 Å². The Morgan fingerprint density at radius 1 is 0.750 bits per heavy atom. The van der Waals surface area contributed by atoms with Crippen LogP contribution in [0.5, 0.6) is 0 Å². The van der Waals surface area contributed by atoms with Crippen LogP contribution in [0.15, 0.2) is 0 Å². The zero-order valence-electron chi connectivity index (χ0n) is 15.8. The molecule has 28 heavy (non-hydrogen) atoms. The Hall–Kier alpha value is 0.464. The number of unbranched alkanes of at least 4 members (excludes halogenated alkanes) is 3. The quantitative estimate of drug-likeness (QED) is 0.167. The summed E-state index contributed by atoms with van der Waals surface area (Å²) in [5, 5.41) is 0. The number of halogens is 6. The largest absolute Gasteiger partial charge is 0.741 e. The van der Waals surface area contributed by atoms with E-state index in [2.05, 4.69) is 27.9 Å². The molecule has 0 fully saturated rings. The van der Waals surface area contributed by atoms with Crippen LogP contribution in [-0.2, 0) is 52.9 Å². The van der Waals surface area contributed by atoms with Crippen molar-refractivity contribution in [2.45, 2.75) is 50.5 Å². The van der Waals surface area contributed by atoms with E-state index in [1.165, 1.54) is 43.3 Å². The van der Waals surface area contributed by atoms with Gasteiger partial charge in [0, 0.05) is 32.7 Å². The second-order valence-electron chi connectivity index (χ2n) is 5.84. The number of hydrogen-bond acceptors (Lipinski definition) is 6. The minimum atomic E-state index is -6.09. The van der Waals surface area contributed by atoms with E-state index in [4.69, 9.17) is 25.9 Å². The van der Waals surface area contributed by atoms with Crippen molar-refractivity contribution in [1.82, 2.24) is 0 Å². The molecule has 16 heteroatoms. The standard InChI is InChI=1S/C10H24N.2CHF3O3S.Y/c1-5-7-8-9-10-11(3,4)6-2;2*2-1(3,4)8(5,6)7;/h5-10H2,1-4H3;2*(H,5,6,7);/q+1;;;/p-2. The number of nitrogens with zero attached hydrogens (tertiary/aromatic N) is 1. The van der Waals surface area contributed by atoms with Gasteiger partial charge in [0.1, 0.15) is 0 Å². The Bertz CT molecular complexity index is 563. The molecule has 0 aromatic rings. The van der Waals surface area contributed by atoms with Crippen molar-refractivity contribution in [2.24, 2.45) is 0 Å². The topological polar surface area (TPSA) is 114 Å². The predicted octanol–water partition coefficient (Wildman–Crippen LogP) is 2.76. The van der Waals surface area contributed by atoms with Crippen LogP contribution in [0.25, 0.3) is 0 Å². The van der Waals surface area contributed by atoms with Crippen LogP contribution in [0.3, 0.4) is 0 Å². The maximum atomic E-state index is 10.7. The molecule has 0 rings (SSSR count). The molecule has 0 saturated heterocycles. The van der Waals surface area contributed by atoms with Crippen molar-refractivity contribution >= 4 is 20.2 Å². The zero-order valence-corrected chi connectivity index (χ0v) is 20.3. The van der Waals surface area contributed by atoms with Crippen molar-refractivity contribution in [3.05, 3.63) is 0 Å².